The Morgan fingerprint density at radius 2 is 1.55 bits per heavy atom. The van der Waals surface area contributed by atoms with Crippen molar-refractivity contribution < 1.29 is 48.9 Å². The maximum absolute atomic E-state index is 12.9. The molecule has 47 heavy (non-hydrogen) atoms. The second kappa shape index (κ2) is 9.93. The fourth-order valence-electron chi connectivity index (χ4n) is 14.4. The zero-order valence-corrected chi connectivity index (χ0v) is 29.5. The minimum Gasteiger partial charge on any atom is -0.457 e. The molecule has 0 amide bonds. The SMILES string of the molecule is CC(=O)O[C@H]1[C@H]2C[C@@H](C)C3[C@](O2)(OC1(C)C)[C@H](O)[C@@]1(C)[C@@H]2CC[C@H]4C(C)(C)[C@@H](O[C@@H]5OC[C@@H](O)[C@H](O)[C@H]5O)CC[C@@]45C[C@@]25CC[C@]31C. The van der Waals surface area contributed by atoms with E-state index in [1.165, 1.54) is 6.92 Å². The summed E-state index contributed by atoms with van der Waals surface area (Å²) in [5.74, 6) is -0.514. The van der Waals surface area contributed by atoms with E-state index >= 15 is 0 Å². The van der Waals surface area contributed by atoms with Gasteiger partial charge >= 0.3 is 5.97 Å². The van der Waals surface area contributed by atoms with Crippen molar-refractivity contribution >= 4 is 5.97 Å². The van der Waals surface area contributed by atoms with Gasteiger partial charge in [-0.3, -0.25) is 4.79 Å². The standard InChI is InChI=1S/C37H58O10/c1-18-15-21-28(44-19(2)38)32(5,6)47-37(46-21)27(18)33(7)13-14-36-17-35(36)12-11-24(45-29-26(41)25(40)20(39)16-43-29)31(3,4)22(35)9-10-23(36)34(33,8)30(37)42/h18,20-30,39-42H,9-17H2,1-8H3/t18-,20-,21-,22+,23+,24+,25+,26-,27?,28+,29+,30-,33-,34-,35-,36+,37+/m1/s1. The van der Waals surface area contributed by atoms with E-state index < -0.39 is 53.6 Å². The van der Waals surface area contributed by atoms with E-state index in [-0.39, 0.29) is 58.3 Å². The van der Waals surface area contributed by atoms with Crippen LogP contribution in [0.5, 0.6) is 0 Å². The molecule has 0 aromatic carbocycles. The second-order valence-electron chi connectivity index (χ2n) is 18.8. The fourth-order valence-corrected chi connectivity index (χ4v) is 14.4. The summed E-state index contributed by atoms with van der Waals surface area (Å²) in [5, 5.41) is 43.8. The molecule has 266 valence electrons. The van der Waals surface area contributed by atoms with Crippen molar-refractivity contribution in [2.45, 2.75) is 167 Å². The Hall–Kier alpha value is -0.850. The molecule has 5 aliphatic carbocycles. The summed E-state index contributed by atoms with van der Waals surface area (Å²) in [5.41, 5.74) is -1.32. The molecule has 0 radical (unpaired) electrons. The first-order valence-corrected chi connectivity index (χ1v) is 18.4. The Kier molecular flexibility index (Phi) is 7.03. The summed E-state index contributed by atoms with van der Waals surface area (Å²) in [7, 11) is 0. The van der Waals surface area contributed by atoms with Crippen LogP contribution in [0.1, 0.15) is 107 Å². The summed E-state index contributed by atoms with van der Waals surface area (Å²) in [6.07, 6.45) is 1.47. The molecule has 8 aliphatic rings. The molecule has 3 heterocycles. The molecule has 17 atom stereocenters. The number of ether oxygens (including phenoxy) is 5. The first-order valence-electron chi connectivity index (χ1n) is 18.4. The molecular weight excluding hydrogens is 604 g/mol. The van der Waals surface area contributed by atoms with Crippen molar-refractivity contribution in [2.24, 2.45) is 50.7 Å². The van der Waals surface area contributed by atoms with Gasteiger partial charge in [0.15, 0.2) is 18.2 Å². The number of rotatable bonds is 3. The van der Waals surface area contributed by atoms with Crippen molar-refractivity contribution in [3.8, 4) is 0 Å². The van der Waals surface area contributed by atoms with Gasteiger partial charge in [0.1, 0.15) is 36.1 Å². The molecule has 3 saturated heterocycles. The molecule has 8 fully saturated rings. The first kappa shape index (κ1) is 33.3. The Balaban J connectivity index is 1.10. The van der Waals surface area contributed by atoms with Crippen molar-refractivity contribution in [2.75, 3.05) is 6.61 Å². The number of carbonyl (C=O) groups excluding carboxylic acids is 1. The highest BCUT2D eigenvalue weighted by atomic mass is 16.8. The minimum absolute atomic E-state index is 0.0185. The lowest BCUT2D eigenvalue weighted by Gasteiger charge is -2.63. The number of aliphatic hydroxyl groups excluding tert-OH is 4. The van der Waals surface area contributed by atoms with Crippen LogP contribution in [0.4, 0.5) is 0 Å². The predicted octanol–water partition coefficient (Wildman–Crippen LogP) is 3.69. The minimum atomic E-state index is -1.29. The van der Waals surface area contributed by atoms with Crippen LogP contribution >= 0.6 is 0 Å². The Morgan fingerprint density at radius 3 is 2.26 bits per heavy atom. The number of hydrogen-bond acceptors (Lipinski definition) is 10. The molecule has 10 heteroatoms. The van der Waals surface area contributed by atoms with Crippen LogP contribution in [0.2, 0.25) is 0 Å². The molecule has 3 spiro atoms. The van der Waals surface area contributed by atoms with Gasteiger partial charge in [-0.15, -0.1) is 0 Å². The molecule has 3 aliphatic heterocycles. The van der Waals surface area contributed by atoms with Crippen molar-refractivity contribution in [1.82, 2.24) is 0 Å². The van der Waals surface area contributed by atoms with Crippen LogP contribution < -0.4 is 0 Å². The van der Waals surface area contributed by atoms with E-state index in [4.69, 9.17) is 23.7 Å². The quantitative estimate of drug-likeness (QED) is 0.261. The van der Waals surface area contributed by atoms with E-state index in [1.807, 2.05) is 13.8 Å². The topological polar surface area (TPSA) is 144 Å². The van der Waals surface area contributed by atoms with Gasteiger partial charge < -0.3 is 44.1 Å². The summed E-state index contributed by atoms with van der Waals surface area (Å²) in [6, 6.07) is 0. The maximum atomic E-state index is 12.9. The molecule has 10 nitrogen and oxygen atoms in total. The highest BCUT2D eigenvalue weighted by molar-refractivity contribution is 5.66. The summed E-state index contributed by atoms with van der Waals surface area (Å²) < 4.78 is 31.9. The number of aliphatic hydroxyl groups is 4. The molecule has 4 N–H and O–H groups in total. The maximum Gasteiger partial charge on any atom is 0.303 e. The largest absolute Gasteiger partial charge is 0.457 e. The summed E-state index contributed by atoms with van der Waals surface area (Å²) in [6.45, 7) is 17.0. The smallest absolute Gasteiger partial charge is 0.303 e. The Labute approximate surface area is 279 Å². The third-order valence-electron chi connectivity index (χ3n) is 16.3. The van der Waals surface area contributed by atoms with Crippen LogP contribution in [0.3, 0.4) is 0 Å². The van der Waals surface area contributed by atoms with Crippen LogP contribution in [-0.4, -0.2) is 93.4 Å². The van der Waals surface area contributed by atoms with Gasteiger partial charge in [0.05, 0.1) is 12.7 Å². The molecule has 2 bridgehead atoms. The lowest BCUT2D eigenvalue weighted by atomic mass is 9.41. The number of esters is 1. The van der Waals surface area contributed by atoms with E-state index in [2.05, 4.69) is 34.6 Å². The summed E-state index contributed by atoms with van der Waals surface area (Å²) >= 11 is 0. The van der Waals surface area contributed by atoms with Crippen LogP contribution in [0, 0.1) is 50.7 Å². The second-order valence-corrected chi connectivity index (χ2v) is 18.8. The van der Waals surface area contributed by atoms with Gasteiger partial charge in [-0.2, -0.15) is 0 Å². The van der Waals surface area contributed by atoms with Crippen molar-refractivity contribution in [3.63, 3.8) is 0 Å². The lowest BCUT2D eigenvalue weighted by Crippen LogP contribution is -2.71. The van der Waals surface area contributed by atoms with Gasteiger partial charge in [-0.1, -0.05) is 34.6 Å². The predicted molar refractivity (Wildman–Crippen MR) is 168 cm³/mol. The van der Waals surface area contributed by atoms with E-state index in [0.717, 1.165) is 51.4 Å². The normalized spacial score (nSPS) is 59.8. The van der Waals surface area contributed by atoms with E-state index in [9.17, 15) is 25.2 Å². The molecule has 1 unspecified atom stereocenters. The highest BCUT2D eigenvalue weighted by Crippen LogP contribution is 2.90. The van der Waals surface area contributed by atoms with Gasteiger partial charge in [-0.25, -0.2) is 0 Å². The zero-order valence-electron chi connectivity index (χ0n) is 29.5. The highest BCUT2D eigenvalue weighted by Gasteiger charge is 2.88. The van der Waals surface area contributed by atoms with Crippen LogP contribution in [-0.2, 0) is 28.5 Å². The third kappa shape index (κ3) is 3.88. The average Bonchev–Trinajstić information content (AvgIpc) is 3.62. The number of hydrogen-bond donors (Lipinski definition) is 4. The van der Waals surface area contributed by atoms with Crippen LogP contribution in [0.25, 0.3) is 0 Å². The van der Waals surface area contributed by atoms with E-state index in [0.29, 0.717) is 11.8 Å². The number of carbonyl (C=O) groups is 1. The number of fused-ring (bicyclic) bond motifs is 4. The molecule has 0 aromatic rings. The average molecular weight is 663 g/mol. The molecule has 8 rings (SSSR count). The monoisotopic (exact) mass is 662 g/mol. The molecule has 0 aromatic heterocycles. The summed E-state index contributed by atoms with van der Waals surface area (Å²) in [4.78, 5) is 12.1. The van der Waals surface area contributed by atoms with Gasteiger partial charge in [0.2, 0.25) is 0 Å². The van der Waals surface area contributed by atoms with E-state index in [1.54, 1.807) is 0 Å². The lowest BCUT2D eigenvalue weighted by molar-refractivity contribution is -0.430. The van der Waals surface area contributed by atoms with Crippen molar-refractivity contribution in [1.29, 1.82) is 0 Å². The van der Waals surface area contributed by atoms with Gasteiger partial charge in [0.25, 0.3) is 0 Å². The zero-order chi connectivity index (χ0) is 33.9. The Morgan fingerprint density at radius 1 is 0.872 bits per heavy atom. The van der Waals surface area contributed by atoms with Crippen molar-refractivity contribution in [3.05, 3.63) is 0 Å². The molecule has 5 saturated carbocycles. The third-order valence-corrected chi connectivity index (χ3v) is 16.3. The fraction of sp³-hybridized carbons (Fsp3) is 0.973. The van der Waals surface area contributed by atoms with Gasteiger partial charge in [0, 0.05) is 18.3 Å². The van der Waals surface area contributed by atoms with Gasteiger partial charge in [-0.05, 0) is 105 Å². The van der Waals surface area contributed by atoms with Crippen LogP contribution in [0.15, 0.2) is 0 Å². The molecular formula is C37H58O10. The first-order chi connectivity index (χ1) is 21.8. The Bertz CT molecular complexity index is 1320.